The Balaban J connectivity index is 1.01. The highest BCUT2D eigenvalue weighted by atomic mass is 16.7. The largest absolute Gasteiger partial charge is 0.493 e. The number of anilines is 3. The molecule has 17 nitrogen and oxygen atoms in total. The van der Waals surface area contributed by atoms with E-state index >= 15 is 0 Å². The van der Waals surface area contributed by atoms with E-state index < -0.39 is 43.1 Å². The number of rotatable bonds is 14. The molecule has 4 aromatic rings. The van der Waals surface area contributed by atoms with Crippen LogP contribution in [0.5, 0.6) is 5.75 Å². The quantitative estimate of drug-likeness (QED) is 0.0797. The lowest BCUT2D eigenvalue weighted by atomic mass is 10.1. The van der Waals surface area contributed by atoms with Crippen molar-refractivity contribution in [3.8, 4) is 5.75 Å². The molecule has 3 aliphatic rings. The predicted molar refractivity (Wildman–Crippen MR) is 213 cm³/mol. The molecule has 0 radical (unpaired) electrons. The van der Waals surface area contributed by atoms with Crippen LogP contribution in [-0.2, 0) is 37.4 Å². The van der Waals surface area contributed by atoms with E-state index in [0.29, 0.717) is 53.9 Å². The number of fused-ring (bicyclic) bond motifs is 3. The maximum Gasteiger partial charge on any atom is 0.416 e. The summed E-state index contributed by atoms with van der Waals surface area (Å²) in [6.45, 7) is 4.20. The van der Waals surface area contributed by atoms with E-state index in [1.807, 2.05) is 0 Å². The number of nitrogens with zero attached hydrogens (tertiary/aromatic N) is 3. The van der Waals surface area contributed by atoms with E-state index in [0.717, 1.165) is 19.3 Å². The molecule has 17 heteroatoms. The molecule has 2 aromatic heterocycles. The van der Waals surface area contributed by atoms with E-state index in [1.54, 1.807) is 47.0 Å². The summed E-state index contributed by atoms with van der Waals surface area (Å²) in [6, 6.07) is 10.6. The molecule has 0 spiro atoms. The third kappa shape index (κ3) is 8.96. The molecule has 4 amide bonds. The first-order chi connectivity index (χ1) is 28.6. The van der Waals surface area contributed by atoms with Crippen LogP contribution in [0.2, 0.25) is 0 Å². The highest BCUT2D eigenvalue weighted by molar-refractivity contribution is 6.07. The van der Waals surface area contributed by atoms with Crippen LogP contribution in [0.1, 0.15) is 81.9 Å². The molecule has 59 heavy (non-hydrogen) atoms. The Morgan fingerprint density at radius 2 is 1.88 bits per heavy atom. The number of carbonyl (C=O) groups excluding carboxylic acids is 5. The monoisotopic (exact) mass is 813 g/mol. The van der Waals surface area contributed by atoms with E-state index in [2.05, 4.69) is 17.2 Å². The fraction of sp³-hybridized carbons (Fsp3) is 0.405. The predicted octanol–water partition coefficient (Wildman–Crippen LogP) is 5.72. The Morgan fingerprint density at radius 3 is 2.64 bits per heavy atom. The molecule has 2 saturated heterocycles. The number of benzene rings is 2. The Morgan fingerprint density at radius 1 is 1.03 bits per heavy atom. The molecule has 0 bridgehead atoms. The van der Waals surface area contributed by atoms with Gasteiger partial charge < -0.3 is 53.3 Å². The average molecular weight is 814 g/mol. The molecule has 2 unspecified atom stereocenters. The van der Waals surface area contributed by atoms with Gasteiger partial charge in [-0.3, -0.25) is 14.4 Å². The van der Waals surface area contributed by atoms with Gasteiger partial charge >= 0.3 is 12.1 Å². The summed E-state index contributed by atoms with van der Waals surface area (Å²) in [7, 11) is 2.93. The van der Waals surface area contributed by atoms with Crippen molar-refractivity contribution < 1.29 is 57.2 Å². The van der Waals surface area contributed by atoms with Gasteiger partial charge in [-0.2, -0.15) is 0 Å². The van der Waals surface area contributed by atoms with E-state index in [9.17, 15) is 29.1 Å². The Labute approximate surface area is 339 Å². The fourth-order valence-electron chi connectivity index (χ4n) is 7.59. The summed E-state index contributed by atoms with van der Waals surface area (Å²) in [6.07, 6.45) is 4.93. The Hall–Kier alpha value is -6.17. The second kappa shape index (κ2) is 18.2. The van der Waals surface area contributed by atoms with Gasteiger partial charge in [0.15, 0.2) is 12.5 Å². The minimum atomic E-state index is -0.918. The lowest BCUT2D eigenvalue weighted by molar-refractivity contribution is -0.195. The zero-order valence-corrected chi connectivity index (χ0v) is 32.9. The molecule has 312 valence electrons. The molecule has 2 aromatic carbocycles. The van der Waals surface area contributed by atoms with Crippen LogP contribution in [0.15, 0.2) is 65.7 Å². The van der Waals surface area contributed by atoms with Crippen molar-refractivity contribution in [2.45, 2.75) is 70.1 Å². The van der Waals surface area contributed by atoms with E-state index in [-0.39, 0.29) is 66.3 Å². The number of ether oxygens (including phenoxy) is 5. The molecular weight excluding hydrogens is 766 g/mol. The lowest BCUT2D eigenvalue weighted by Gasteiger charge is -2.38. The lowest BCUT2D eigenvalue weighted by Crippen LogP contribution is -2.54. The van der Waals surface area contributed by atoms with Crippen molar-refractivity contribution >= 4 is 57.8 Å². The number of aliphatic hydroxyl groups is 1. The van der Waals surface area contributed by atoms with Crippen molar-refractivity contribution in [1.82, 2.24) is 9.47 Å². The van der Waals surface area contributed by atoms with Gasteiger partial charge in [-0.25, -0.2) is 14.5 Å². The molecule has 0 aliphatic carbocycles. The van der Waals surface area contributed by atoms with Crippen LogP contribution in [0, 0.1) is 0 Å². The van der Waals surface area contributed by atoms with Gasteiger partial charge in [-0.05, 0) is 74.9 Å². The number of furan rings is 1. The molecule has 3 aliphatic heterocycles. The van der Waals surface area contributed by atoms with Gasteiger partial charge in [0.25, 0.3) is 11.8 Å². The first-order valence-corrected chi connectivity index (χ1v) is 19.5. The minimum absolute atomic E-state index is 0.0435. The SMILES string of the molecule is C=CCOC(=O)N1c2cc(OCCCC(=O)Nc3cc(C(=O)Nc4ccc5oc(C(=O)OC)cc5c4)n(C)c3)c(CO)cc2C(=O)N2CCC[C@H]2C1OC1CCCCO1. The molecule has 0 saturated carbocycles. The van der Waals surface area contributed by atoms with Gasteiger partial charge in [0, 0.05) is 55.5 Å². The minimum Gasteiger partial charge on any atom is -0.493 e. The summed E-state index contributed by atoms with van der Waals surface area (Å²) in [4.78, 5) is 68.9. The number of aryl methyl sites for hydroxylation is 1. The van der Waals surface area contributed by atoms with Crippen LogP contribution in [0.4, 0.5) is 21.9 Å². The maximum atomic E-state index is 14.1. The summed E-state index contributed by atoms with van der Waals surface area (Å²) in [5.41, 5.74) is 2.36. The second-order valence-electron chi connectivity index (χ2n) is 14.4. The molecule has 7 rings (SSSR count). The number of amides is 4. The highest BCUT2D eigenvalue weighted by Gasteiger charge is 2.47. The zero-order valence-electron chi connectivity index (χ0n) is 32.9. The van der Waals surface area contributed by atoms with Crippen LogP contribution >= 0.6 is 0 Å². The van der Waals surface area contributed by atoms with Crippen molar-refractivity contribution in [3.63, 3.8) is 0 Å². The van der Waals surface area contributed by atoms with E-state index in [1.165, 1.54) is 36.3 Å². The third-order valence-corrected chi connectivity index (χ3v) is 10.4. The normalized spacial score (nSPS) is 18.8. The summed E-state index contributed by atoms with van der Waals surface area (Å²) < 4.78 is 35.8. The first-order valence-electron chi connectivity index (χ1n) is 19.5. The number of hydrogen-bond donors (Lipinski definition) is 3. The van der Waals surface area contributed by atoms with Crippen LogP contribution in [0.25, 0.3) is 11.0 Å². The maximum absolute atomic E-state index is 14.1. The number of hydrogen-bond acceptors (Lipinski definition) is 12. The van der Waals surface area contributed by atoms with E-state index in [4.69, 9.17) is 28.1 Å². The number of aromatic nitrogens is 1. The molecule has 3 atom stereocenters. The standard InChI is InChI=1S/C42H47N5O12/c1-4-15-57-42(53)47-31-22-34(26(24-48)19-29(31)39(51)46-14-7-9-30(46)40(47)59-37-11-5-6-16-56-37)55-17-8-10-36(49)43-28-21-32(45(2)23-28)38(50)44-27-12-13-33-25(18-27)20-35(58-33)41(52)54-3/h4,12-13,18-23,30,37,40,48H,1,5-11,14-17,24H2,2-3H3,(H,43,49)(H,44,50)/t30-,37?,40?/m0/s1. The van der Waals surface area contributed by atoms with Crippen molar-refractivity contribution in [2.75, 3.05) is 49.0 Å². The number of nitrogens with one attached hydrogen (secondary N) is 2. The fourth-order valence-corrected chi connectivity index (χ4v) is 7.59. The van der Waals surface area contributed by atoms with Crippen LogP contribution in [0.3, 0.4) is 0 Å². The summed E-state index contributed by atoms with van der Waals surface area (Å²) in [5, 5.41) is 16.6. The molecule has 5 heterocycles. The molecule has 3 N–H and O–H groups in total. The third-order valence-electron chi connectivity index (χ3n) is 10.4. The Kier molecular flexibility index (Phi) is 12.6. The Bertz CT molecular complexity index is 2240. The molecular formula is C42H47N5O12. The second-order valence-corrected chi connectivity index (χ2v) is 14.4. The van der Waals surface area contributed by atoms with Crippen molar-refractivity contribution in [1.29, 1.82) is 0 Å². The van der Waals surface area contributed by atoms with Crippen molar-refractivity contribution in [3.05, 3.63) is 83.9 Å². The zero-order chi connectivity index (χ0) is 41.6. The van der Waals surface area contributed by atoms with Gasteiger partial charge in [0.05, 0.1) is 43.3 Å². The smallest absolute Gasteiger partial charge is 0.416 e. The number of aliphatic hydroxyl groups excluding tert-OH is 1. The average Bonchev–Trinajstić information content (AvgIpc) is 3.98. The number of esters is 1. The number of carbonyl (C=O) groups is 5. The first kappa shape index (κ1) is 41.0. The topological polar surface area (TPSA) is 200 Å². The van der Waals surface area contributed by atoms with Gasteiger partial charge in [-0.1, -0.05) is 12.7 Å². The van der Waals surface area contributed by atoms with Gasteiger partial charge in [-0.15, -0.1) is 0 Å². The molecule has 2 fully saturated rings. The number of methoxy groups -OCH3 is 1. The van der Waals surface area contributed by atoms with Gasteiger partial charge in [0.1, 0.15) is 23.6 Å². The highest BCUT2D eigenvalue weighted by Crippen LogP contribution is 2.40. The van der Waals surface area contributed by atoms with Crippen LogP contribution in [-0.4, -0.2) is 96.4 Å². The summed E-state index contributed by atoms with van der Waals surface area (Å²) >= 11 is 0. The summed E-state index contributed by atoms with van der Waals surface area (Å²) in [5.74, 6) is -1.39. The van der Waals surface area contributed by atoms with Crippen molar-refractivity contribution in [2.24, 2.45) is 7.05 Å². The van der Waals surface area contributed by atoms with Crippen LogP contribution < -0.4 is 20.3 Å². The van der Waals surface area contributed by atoms with Gasteiger partial charge in [0.2, 0.25) is 11.7 Å².